The van der Waals surface area contributed by atoms with Crippen LogP contribution in [0.4, 0.5) is 4.79 Å². The summed E-state index contributed by atoms with van der Waals surface area (Å²) >= 11 is 0. The Balaban J connectivity index is 4.61. The van der Waals surface area contributed by atoms with E-state index in [1.165, 1.54) is 19.0 Å². The van der Waals surface area contributed by atoms with Crippen molar-refractivity contribution in [2.24, 2.45) is 0 Å². The van der Waals surface area contributed by atoms with Gasteiger partial charge in [-0.05, 0) is 20.8 Å². The van der Waals surface area contributed by atoms with Gasteiger partial charge in [-0.2, -0.15) is 0 Å². The van der Waals surface area contributed by atoms with Crippen LogP contribution in [0.15, 0.2) is 0 Å². The molecular weight excluding hydrogens is 238 g/mol. The van der Waals surface area contributed by atoms with Crippen molar-refractivity contribution in [2.45, 2.75) is 45.3 Å². The molecule has 104 valence electrons. The minimum atomic E-state index is -1.05. The molecule has 0 heterocycles. The van der Waals surface area contributed by atoms with Crippen molar-refractivity contribution in [3.63, 3.8) is 0 Å². The summed E-state index contributed by atoms with van der Waals surface area (Å²) in [6, 6.07) is 0. The van der Waals surface area contributed by atoms with E-state index in [0.29, 0.717) is 6.29 Å². The molecule has 0 bridgehead atoms. The number of carbonyl (C=O) groups excluding carboxylic acids is 3. The van der Waals surface area contributed by atoms with Crippen LogP contribution in [0.25, 0.3) is 0 Å². The van der Waals surface area contributed by atoms with Crippen LogP contribution in [0.1, 0.15) is 33.6 Å². The van der Waals surface area contributed by atoms with Crippen molar-refractivity contribution in [1.29, 1.82) is 0 Å². The van der Waals surface area contributed by atoms with E-state index in [9.17, 15) is 14.4 Å². The summed E-state index contributed by atoms with van der Waals surface area (Å²) in [6.07, 6.45) is -0.773. The monoisotopic (exact) mass is 259 g/mol. The standard InChI is InChI=1S/C12H21NO5/c1-12(2,3)18-10(15)9(7-6-8-14)17-11(16)13(4)5/h8-9H,6-7H2,1-5H3/t9-/m0/s1. The molecule has 0 saturated heterocycles. The molecule has 0 radical (unpaired) electrons. The highest BCUT2D eigenvalue weighted by molar-refractivity contribution is 5.79. The topological polar surface area (TPSA) is 72.9 Å². The second-order valence-electron chi connectivity index (χ2n) is 5.04. The van der Waals surface area contributed by atoms with Crippen molar-refractivity contribution in [1.82, 2.24) is 4.90 Å². The third kappa shape index (κ3) is 6.88. The Bertz CT molecular complexity index is 306. The first-order valence-electron chi connectivity index (χ1n) is 5.72. The van der Waals surface area contributed by atoms with Gasteiger partial charge < -0.3 is 19.2 Å². The highest BCUT2D eigenvalue weighted by Crippen LogP contribution is 2.13. The molecule has 0 rings (SSSR count). The smallest absolute Gasteiger partial charge is 0.410 e. The summed E-state index contributed by atoms with van der Waals surface area (Å²) < 4.78 is 10.1. The molecule has 0 aliphatic heterocycles. The van der Waals surface area contributed by atoms with Crippen LogP contribution >= 0.6 is 0 Å². The Labute approximate surface area is 107 Å². The lowest BCUT2D eigenvalue weighted by molar-refractivity contribution is -0.165. The van der Waals surface area contributed by atoms with Gasteiger partial charge in [0.15, 0.2) is 0 Å². The van der Waals surface area contributed by atoms with Gasteiger partial charge in [0.1, 0.15) is 11.9 Å². The Morgan fingerprint density at radius 1 is 1.28 bits per heavy atom. The fourth-order valence-electron chi connectivity index (χ4n) is 1.04. The zero-order valence-electron chi connectivity index (χ0n) is 11.6. The molecular formula is C12H21NO5. The first-order valence-corrected chi connectivity index (χ1v) is 5.72. The number of amides is 1. The number of hydrogen-bond acceptors (Lipinski definition) is 5. The average molecular weight is 259 g/mol. The lowest BCUT2D eigenvalue weighted by atomic mass is 10.1. The molecule has 0 aromatic carbocycles. The van der Waals surface area contributed by atoms with Crippen molar-refractivity contribution in [3.05, 3.63) is 0 Å². The first-order chi connectivity index (χ1) is 8.17. The number of aldehydes is 1. The normalized spacial score (nSPS) is 12.5. The molecule has 1 atom stereocenters. The van der Waals surface area contributed by atoms with Crippen LogP contribution in [0.5, 0.6) is 0 Å². The fraction of sp³-hybridized carbons (Fsp3) is 0.750. The molecule has 0 spiro atoms. The molecule has 0 aliphatic rings. The summed E-state index contributed by atoms with van der Waals surface area (Å²) in [5.41, 5.74) is -0.666. The van der Waals surface area contributed by atoms with Crippen LogP contribution in [0, 0.1) is 0 Å². The summed E-state index contributed by atoms with van der Waals surface area (Å²) in [5.74, 6) is -0.639. The lowest BCUT2D eigenvalue weighted by Crippen LogP contribution is -2.37. The molecule has 0 aromatic heterocycles. The van der Waals surface area contributed by atoms with Crippen LogP contribution in [-0.2, 0) is 19.1 Å². The lowest BCUT2D eigenvalue weighted by Gasteiger charge is -2.24. The van der Waals surface area contributed by atoms with Gasteiger partial charge in [-0.3, -0.25) is 0 Å². The molecule has 0 fully saturated rings. The van der Waals surface area contributed by atoms with Crippen LogP contribution < -0.4 is 0 Å². The number of carbonyl (C=O) groups is 3. The van der Waals surface area contributed by atoms with E-state index >= 15 is 0 Å². The second-order valence-corrected chi connectivity index (χ2v) is 5.04. The molecule has 0 aromatic rings. The van der Waals surface area contributed by atoms with Gasteiger partial charge in [0.2, 0.25) is 6.10 Å². The van der Waals surface area contributed by atoms with Gasteiger partial charge >= 0.3 is 12.1 Å². The first kappa shape index (κ1) is 16.4. The average Bonchev–Trinajstić information content (AvgIpc) is 2.20. The van der Waals surface area contributed by atoms with E-state index in [2.05, 4.69) is 0 Å². The maximum Gasteiger partial charge on any atom is 0.410 e. The van der Waals surface area contributed by atoms with Gasteiger partial charge in [-0.15, -0.1) is 0 Å². The Morgan fingerprint density at radius 2 is 1.83 bits per heavy atom. The number of nitrogens with zero attached hydrogens (tertiary/aromatic N) is 1. The van der Waals surface area contributed by atoms with Crippen LogP contribution in [0.2, 0.25) is 0 Å². The number of ether oxygens (including phenoxy) is 2. The quantitative estimate of drug-likeness (QED) is 0.551. The zero-order valence-corrected chi connectivity index (χ0v) is 11.6. The Hall–Kier alpha value is -1.59. The maximum atomic E-state index is 11.8. The van der Waals surface area contributed by atoms with E-state index in [1.807, 2.05) is 0 Å². The molecule has 6 nitrogen and oxygen atoms in total. The molecule has 6 heteroatoms. The van der Waals surface area contributed by atoms with Crippen molar-refractivity contribution in [3.8, 4) is 0 Å². The molecule has 1 amide bonds. The zero-order chi connectivity index (χ0) is 14.3. The SMILES string of the molecule is CN(C)C(=O)O[C@@H](CCC=O)C(=O)OC(C)(C)C. The number of hydrogen-bond donors (Lipinski definition) is 0. The van der Waals surface area contributed by atoms with E-state index in [-0.39, 0.29) is 12.8 Å². The van der Waals surface area contributed by atoms with Gasteiger partial charge in [0, 0.05) is 26.9 Å². The van der Waals surface area contributed by atoms with Crippen molar-refractivity contribution >= 4 is 18.3 Å². The predicted molar refractivity (Wildman–Crippen MR) is 65.1 cm³/mol. The summed E-state index contributed by atoms with van der Waals surface area (Å²) in [6.45, 7) is 5.15. The van der Waals surface area contributed by atoms with E-state index in [0.717, 1.165) is 0 Å². The highest BCUT2D eigenvalue weighted by atomic mass is 16.6. The Kier molecular flexibility index (Phi) is 6.36. The summed E-state index contributed by atoms with van der Waals surface area (Å²) in [7, 11) is 3.02. The van der Waals surface area contributed by atoms with Gasteiger partial charge in [0.25, 0.3) is 0 Å². The van der Waals surface area contributed by atoms with E-state index in [4.69, 9.17) is 9.47 Å². The van der Waals surface area contributed by atoms with Gasteiger partial charge in [0.05, 0.1) is 0 Å². The maximum absolute atomic E-state index is 11.8. The second kappa shape index (κ2) is 6.98. The summed E-state index contributed by atoms with van der Waals surface area (Å²) in [5, 5.41) is 0. The molecule has 0 unspecified atom stereocenters. The molecule has 0 saturated carbocycles. The Morgan fingerprint density at radius 3 is 2.22 bits per heavy atom. The fourth-order valence-corrected chi connectivity index (χ4v) is 1.04. The van der Waals surface area contributed by atoms with Crippen molar-refractivity contribution < 1.29 is 23.9 Å². The van der Waals surface area contributed by atoms with E-state index < -0.39 is 23.8 Å². The molecule has 0 aliphatic carbocycles. The van der Waals surface area contributed by atoms with Crippen molar-refractivity contribution in [2.75, 3.05) is 14.1 Å². The minimum absolute atomic E-state index is 0.123. The van der Waals surface area contributed by atoms with Crippen LogP contribution in [0.3, 0.4) is 0 Å². The number of esters is 1. The molecule has 18 heavy (non-hydrogen) atoms. The predicted octanol–water partition coefficient (Wildman–Crippen LogP) is 1.37. The third-order valence-electron chi connectivity index (χ3n) is 1.82. The van der Waals surface area contributed by atoms with Crippen LogP contribution in [-0.4, -0.2) is 49.0 Å². The molecule has 0 N–H and O–H groups in total. The van der Waals surface area contributed by atoms with E-state index in [1.54, 1.807) is 20.8 Å². The van der Waals surface area contributed by atoms with Gasteiger partial charge in [-0.1, -0.05) is 0 Å². The highest BCUT2D eigenvalue weighted by Gasteiger charge is 2.28. The minimum Gasteiger partial charge on any atom is -0.457 e. The third-order valence-corrected chi connectivity index (χ3v) is 1.82. The largest absolute Gasteiger partial charge is 0.457 e. The number of rotatable bonds is 5. The summed E-state index contributed by atoms with van der Waals surface area (Å²) in [4.78, 5) is 34.7. The van der Waals surface area contributed by atoms with Gasteiger partial charge in [-0.25, -0.2) is 9.59 Å².